The second-order valence-electron chi connectivity index (χ2n) is 8.76. The van der Waals surface area contributed by atoms with Gasteiger partial charge in [0.2, 0.25) is 5.95 Å². The predicted octanol–water partition coefficient (Wildman–Crippen LogP) is 4.15. The average Bonchev–Trinajstić information content (AvgIpc) is 3.15. The molecule has 3 aromatic rings. The van der Waals surface area contributed by atoms with Gasteiger partial charge in [-0.05, 0) is 43.7 Å². The van der Waals surface area contributed by atoms with Crippen molar-refractivity contribution in [3.8, 4) is 0 Å². The number of anilines is 1. The number of hydrogen-bond acceptors (Lipinski definition) is 5. The first-order chi connectivity index (χ1) is 15.1. The molecule has 162 valence electrons. The zero-order valence-corrected chi connectivity index (χ0v) is 19.1. The molecule has 6 heteroatoms. The van der Waals surface area contributed by atoms with Gasteiger partial charge in [-0.1, -0.05) is 35.9 Å². The third kappa shape index (κ3) is 3.94. The summed E-state index contributed by atoms with van der Waals surface area (Å²) in [5.74, 6) is 0.811. The van der Waals surface area contributed by atoms with E-state index in [-0.39, 0.29) is 5.56 Å². The Kier molecular flexibility index (Phi) is 5.67. The molecule has 1 fully saturated rings. The van der Waals surface area contributed by atoms with Gasteiger partial charge in [0.05, 0.1) is 5.39 Å². The minimum Gasteiger partial charge on any atom is -0.340 e. The van der Waals surface area contributed by atoms with Crippen molar-refractivity contribution < 1.29 is 0 Å². The lowest BCUT2D eigenvalue weighted by Crippen LogP contribution is -2.48. The van der Waals surface area contributed by atoms with E-state index in [9.17, 15) is 4.79 Å². The lowest BCUT2D eigenvalue weighted by atomic mass is 9.97. The summed E-state index contributed by atoms with van der Waals surface area (Å²) in [6, 6.07) is 8.75. The molecule has 1 aliphatic heterocycles. The Morgan fingerprint density at radius 2 is 1.97 bits per heavy atom. The van der Waals surface area contributed by atoms with Crippen LogP contribution in [0.3, 0.4) is 0 Å². The molecule has 0 saturated carbocycles. The Morgan fingerprint density at radius 1 is 1.16 bits per heavy atom. The number of allylic oxidation sites excluding steroid dienone is 1. The summed E-state index contributed by atoms with van der Waals surface area (Å²) in [5, 5.41) is 0.864. The van der Waals surface area contributed by atoms with Crippen LogP contribution >= 0.6 is 11.3 Å². The summed E-state index contributed by atoms with van der Waals surface area (Å²) >= 11 is 1.74. The minimum absolute atomic E-state index is 0.112. The lowest BCUT2D eigenvalue weighted by Gasteiger charge is -2.36. The highest BCUT2D eigenvalue weighted by Crippen LogP contribution is 2.34. The summed E-state index contributed by atoms with van der Waals surface area (Å²) in [7, 11) is 0. The van der Waals surface area contributed by atoms with Gasteiger partial charge in [-0.15, -0.1) is 17.9 Å². The highest BCUT2D eigenvalue weighted by Gasteiger charge is 2.25. The normalized spacial score (nSPS) is 17.1. The topological polar surface area (TPSA) is 41.4 Å². The van der Waals surface area contributed by atoms with Crippen molar-refractivity contribution in [2.75, 3.05) is 31.1 Å². The molecular weight excluding hydrogens is 404 g/mol. The molecule has 2 aromatic heterocycles. The van der Waals surface area contributed by atoms with E-state index in [1.807, 2.05) is 10.6 Å². The van der Waals surface area contributed by atoms with Crippen LogP contribution in [0, 0.1) is 6.92 Å². The smallest absolute Gasteiger partial charge is 0.264 e. The third-order valence-electron chi connectivity index (χ3n) is 6.51. The van der Waals surface area contributed by atoms with Crippen molar-refractivity contribution in [2.24, 2.45) is 0 Å². The van der Waals surface area contributed by atoms with Gasteiger partial charge in [-0.2, -0.15) is 0 Å². The fourth-order valence-electron chi connectivity index (χ4n) is 4.94. The highest BCUT2D eigenvalue weighted by molar-refractivity contribution is 7.18. The predicted molar refractivity (Wildman–Crippen MR) is 129 cm³/mol. The molecule has 0 atom stereocenters. The first-order valence-electron chi connectivity index (χ1n) is 11.3. The molecule has 5 rings (SSSR count). The average molecular weight is 435 g/mol. The molecule has 0 spiro atoms. The van der Waals surface area contributed by atoms with E-state index < -0.39 is 0 Å². The van der Waals surface area contributed by atoms with E-state index in [0.29, 0.717) is 6.54 Å². The first kappa shape index (κ1) is 20.5. The lowest BCUT2D eigenvalue weighted by molar-refractivity contribution is 0.248. The zero-order valence-electron chi connectivity index (χ0n) is 18.3. The van der Waals surface area contributed by atoms with Crippen molar-refractivity contribution in [3.63, 3.8) is 0 Å². The van der Waals surface area contributed by atoms with E-state index in [1.165, 1.54) is 34.4 Å². The second-order valence-corrected chi connectivity index (χ2v) is 9.84. The zero-order chi connectivity index (χ0) is 21.4. The van der Waals surface area contributed by atoms with Gasteiger partial charge >= 0.3 is 0 Å². The van der Waals surface area contributed by atoms with Crippen molar-refractivity contribution in [3.05, 3.63) is 68.8 Å². The molecule has 1 aromatic carbocycles. The van der Waals surface area contributed by atoms with Gasteiger partial charge in [0.1, 0.15) is 4.83 Å². The maximum atomic E-state index is 13.5. The van der Waals surface area contributed by atoms with E-state index in [0.717, 1.165) is 61.7 Å². The van der Waals surface area contributed by atoms with E-state index >= 15 is 0 Å². The van der Waals surface area contributed by atoms with Crippen molar-refractivity contribution in [1.82, 2.24) is 14.5 Å². The van der Waals surface area contributed by atoms with Crippen LogP contribution in [-0.4, -0.2) is 40.6 Å². The fraction of sp³-hybridized carbons (Fsp3) is 0.440. The minimum atomic E-state index is 0.112. The molecule has 0 amide bonds. The summed E-state index contributed by atoms with van der Waals surface area (Å²) in [5.41, 5.74) is 4.04. The molecule has 1 aliphatic carbocycles. The molecule has 0 bridgehead atoms. The van der Waals surface area contributed by atoms with Crippen LogP contribution in [0.15, 0.2) is 41.7 Å². The Bertz CT molecular complexity index is 1170. The number of aromatic nitrogens is 2. The first-order valence-corrected chi connectivity index (χ1v) is 12.1. The monoisotopic (exact) mass is 434 g/mol. The molecule has 1 saturated heterocycles. The molecule has 3 heterocycles. The van der Waals surface area contributed by atoms with Gasteiger partial charge in [0.15, 0.2) is 0 Å². The van der Waals surface area contributed by atoms with Crippen LogP contribution in [0.4, 0.5) is 5.95 Å². The molecular formula is C25H30N4OS. The van der Waals surface area contributed by atoms with Crippen LogP contribution in [-0.2, 0) is 25.9 Å². The Morgan fingerprint density at radius 3 is 2.74 bits per heavy atom. The number of piperazine rings is 1. The largest absolute Gasteiger partial charge is 0.340 e. The molecule has 31 heavy (non-hydrogen) atoms. The van der Waals surface area contributed by atoms with Gasteiger partial charge < -0.3 is 4.90 Å². The molecule has 2 aliphatic rings. The SMILES string of the molecule is C=CCn1c(N2CCN(Cc3cccc(C)c3)CC2)nc2sc3c(c2c1=O)CCCC3. The quantitative estimate of drug-likeness (QED) is 0.566. The van der Waals surface area contributed by atoms with E-state index in [1.54, 1.807) is 11.3 Å². The Balaban J connectivity index is 1.41. The number of fused-ring (bicyclic) bond motifs is 3. The van der Waals surface area contributed by atoms with Gasteiger partial charge in [0.25, 0.3) is 5.56 Å². The van der Waals surface area contributed by atoms with Gasteiger partial charge in [0, 0.05) is 44.1 Å². The fourth-order valence-corrected chi connectivity index (χ4v) is 6.18. The van der Waals surface area contributed by atoms with Crippen LogP contribution in [0.1, 0.15) is 34.4 Å². The molecule has 0 radical (unpaired) electrons. The van der Waals surface area contributed by atoms with Gasteiger partial charge in [-0.25, -0.2) is 4.98 Å². The number of hydrogen-bond donors (Lipinski definition) is 0. The maximum Gasteiger partial charge on any atom is 0.264 e. The number of nitrogens with zero attached hydrogens (tertiary/aromatic N) is 4. The second kappa shape index (κ2) is 8.60. The summed E-state index contributed by atoms with van der Waals surface area (Å²) < 4.78 is 1.84. The van der Waals surface area contributed by atoms with Crippen molar-refractivity contribution in [1.29, 1.82) is 0 Å². The Labute approximate surface area is 187 Å². The van der Waals surface area contributed by atoms with Gasteiger partial charge in [-0.3, -0.25) is 14.3 Å². The standard InChI is InChI=1S/C25H30N4OS/c1-3-11-29-24(30)22-20-9-4-5-10-21(20)31-23(22)26-25(29)28-14-12-27(13-15-28)17-19-8-6-7-18(2)16-19/h3,6-8,16H,1,4-5,9-15,17H2,2H3. The number of aryl methyl sites for hydroxylation is 3. The van der Waals surface area contributed by atoms with Crippen molar-refractivity contribution >= 4 is 27.5 Å². The summed E-state index contributed by atoms with van der Waals surface area (Å²) in [6.07, 6.45) is 6.30. The molecule has 0 unspecified atom stereocenters. The third-order valence-corrected chi connectivity index (χ3v) is 7.70. The highest BCUT2D eigenvalue weighted by atomic mass is 32.1. The Hall–Kier alpha value is -2.44. The van der Waals surface area contributed by atoms with Crippen LogP contribution in [0.2, 0.25) is 0 Å². The number of rotatable bonds is 5. The van der Waals surface area contributed by atoms with E-state index in [2.05, 4.69) is 47.6 Å². The van der Waals surface area contributed by atoms with E-state index in [4.69, 9.17) is 4.98 Å². The van der Waals surface area contributed by atoms with Crippen LogP contribution < -0.4 is 10.5 Å². The van der Waals surface area contributed by atoms with Crippen LogP contribution in [0.25, 0.3) is 10.2 Å². The summed E-state index contributed by atoms with van der Waals surface area (Å²) in [4.78, 5) is 25.6. The number of thiophene rings is 1. The maximum absolute atomic E-state index is 13.5. The summed E-state index contributed by atoms with van der Waals surface area (Å²) in [6.45, 7) is 11.2. The van der Waals surface area contributed by atoms with Crippen molar-refractivity contribution in [2.45, 2.75) is 45.7 Å². The molecule has 5 nitrogen and oxygen atoms in total. The molecule has 0 N–H and O–H groups in total. The van der Waals surface area contributed by atoms with Crippen LogP contribution in [0.5, 0.6) is 0 Å². The number of benzene rings is 1.